The van der Waals surface area contributed by atoms with Gasteiger partial charge >= 0.3 is 12.1 Å². The third-order valence-electron chi connectivity index (χ3n) is 4.73. The van der Waals surface area contributed by atoms with Crippen molar-refractivity contribution < 1.29 is 22.7 Å². The van der Waals surface area contributed by atoms with Crippen LogP contribution in [0.4, 0.5) is 13.2 Å². The van der Waals surface area contributed by atoms with E-state index in [0.717, 1.165) is 42.5 Å². The standard InChI is InChI=1S/C18H21F3N4O2/c1-27-15-3-2-14-16(24-15)13(4-7-22-14)6-9-25-8-5-12(11-25)10-23-17(26)18(19,20)21/h2-4,7,12H,5-6,8-11H2,1H3,(H,23,26)/t12-/m0/s1. The maximum absolute atomic E-state index is 12.2. The first kappa shape index (κ1) is 19.3. The Bertz CT molecular complexity index is 813. The Balaban J connectivity index is 1.54. The largest absolute Gasteiger partial charge is 0.481 e. The quantitative estimate of drug-likeness (QED) is 0.830. The first-order valence-electron chi connectivity index (χ1n) is 8.73. The Kier molecular flexibility index (Phi) is 5.79. The first-order valence-corrected chi connectivity index (χ1v) is 8.73. The van der Waals surface area contributed by atoms with Gasteiger partial charge in [0.2, 0.25) is 5.88 Å². The zero-order chi connectivity index (χ0) is 19.4. The molecular formula is C18H21F3N4O2. The van der Waals surface area contributed by atoms with Crippen LogP contribution in [0.5, 0.6) is 5.88 Å². The van der Waals surface area contributed by atoms with Crippen LogP contribution in [0, 0.1) is 5.92 Å². The highest BCUT2D eigenvalue weighted by Crippen LogP contribution is 2.21. The number of aromatic nitrogens is 2. The Morgan fingerprint density at radius 1 is 1.37 bits per heavy atom. The lowest BCUT2D eigenvalue weighted by Crippen LogP contribution is -2.39. The number of methoxy groups -OCH3 is 1. The molecule has 27 heavy (non-hydrogen) atoms. The summed E-state index contributed by atoms with van der Waals surface area (Å²) in [5, 5.41) is 1.97. The number of hydrogen-bond acceptors (Lipinski definition) is 5. The van der Waals surface area contributed by atoms with Crippen LogP contribution < -0.4 is 10.1 Å². The van der Waals surface area contributed by atoms with Crippen LogP contribution in [0.2, 0.25) is 0 Å². The smallest absolute Gasteiger partial charge is 0.471 e. The fraction of sp³-hybridized carbons (Fsp3) is 0.500. The molecule has 1 atom stereocenters. The highest BCUT2D eigenvalue weighted by molar-refractivity contribution is 5.81. The lowest BCUT2D eigenvalue weighted by Gasteiger charge is -2.17. The van der Waals surface area contributed by atoms with Gasteiger partial charge in [-0.15, -0.1) is 0 Å². The summed E-state index contributed by atoms with van der Waals surface area (Å²) in [5.74, 6) is -1.31. The van der Waals surface area contributed by atoms with E-state index in [1.165, 1.54) is 0 Å². The number of nitrogens with one attached hydrogen (secondary N) is 1. The molecule has 1 aliphatic heterocycles. The van der Waals surface area contributed by atoms with Crippen molar-refractivity contribution in [3.8, 4) is 5.88 Å². The molecule has 2 aromatic rings. The van der Waals surface area contributed by atoms with Crippen LogP contribution >= 0.6 is 0 Å². The van der Waals surface area contributed by atoms with Gasteiger partial charge in [0, 0.05) is 31.9 Å². The SMILES string of the molecule is COc1ccc2nccc(CCN3CC[C@@H](CNC(=O)C(F)(F)F)C3)c2n1. The third kappa shape index (κ3) is 4.85. The zero-order valence-electron chi connectivity index (χ0n) is 14.9. The Labute approximate surface area is 154 Å². The third-order valence-corrected chi connectivity index (χ3v) is 4.73. The molecule has 0 aromatic carbocycles. The van der Waals surface area contributed by atoms with E-state index < -0.39 is 12.1 Å². The molecule has 1 N–H and O–H groups in total. The van der Waals surface area contributed by atoms with Gasteiger partial charge in [0.05, 0.1) is 18.1 Å². The highest BCUT2D eigenvalue weighted by atomic mass is 19.4. The fourth-order valence-corrected chi connectivity index (χ4v) is 3.27. The Morgan fingerprint density at radius 3 is 2.93 bits per heavy atom. The minimum Gasteiger partial charge on any atom is -0.481 e. The molecule has 146 valence electrons. The number of fused-ring (bicyclic) bond motifs is 1. The van der Waals surface area contributed by atoms with E-state index in [4.69, 9.17) is 4.74 Å². The molecule has 1 saturated heterocycles. The number of nitrogens with zero attached hydrogens (tertiary/aromatic N) is 3. The summed E-state index contributed by atoms with van der Waals surface area (Å²) in [6.45, 7) is 2.28. The molecular weight excluding hydrogens is 361 g/mol. The van der Waals surface area contributed by atoms with Gasteiger partial charge in [-0.3, -0.25) is 9.78 Å². The molecule has 9 heteroatoms. The minimum absolute atomic E-state index is 0.0312. The molecule has 0 bridgehead atoms. The number of amides is 1. The average molecular weight is 382 g/mol. The fourth-order valence-electron chi connectivity index (χ4n) is 3.27. The molecule has 3 heterocycles. The minimum atomic E-state index is -4.82. The molecule has 2 aromatic heterocycles. The number of rotatable bonds is 6. The maximum Gasteiger partial charge on any atom is 0.471 e. The molecule has 0 unspecified atom stereocenters. The summed E-state index contributed by atoms with van der Waals surface area (Å²) in [6.07, 6.45) is -1.57. The normalized spacial score (nSPS) is 18.0. The van der Waals surface area contributed by atoms with Crippen molar-refractivity contribution in [2.45, 2.75) is 19.0 Å². The average Bonchev–Trinajstić information content (AvgIpc) is 3.11. The molecule has 1 aliphatic rings. The lowest BCUT2D eigenvalue weighted by molar-refractivity contribution is -0.173. The van der Waals surface area contributed by atoms with Gasteiger partial charge in [-0.2, -0.15) is 13.2 Å². The summed E-state index contributed by atoms with van der Waals surface area (Å²) in [6, 6.07) is 5.55. The van der Waals surface area contributed by atoms with Crippen molar-refractivity contribution in [1.29, 1.82) is 0 Å². The molecule has 0 aliphatic carbocycles. The number of alkyl halides is 3. The van der Waals surface area contributed by atoms with E-state index >= 15 is 0 Å². The van der Waals surface area contributed by atoms with Gasteiger partial charge < -0.3 is 15.0 Å². The second-order valence-electron chi connectivity index (χ2n) is 6.60. The van der Waals surface area contributed by atoms with Crippen LogP contribution in [-0.2, 0) is 11.2 Å². The van der Waals surface area contributed by atoms with Gasteiger partial charge in [-0.25, -0.2) is 4.98 Å². The summed E-state index contributed by atoms with van der Waals surface area (Å²) >= 11 is 0. The Morgan fingerprint density at radius 2 is 2.19 bits per heavy atom. The number of pyridine rings is 2. The van der Waals surface area contributed by atoms with Gasteiger partial charge in [0.25, 0.3) is 0 Å². The van der Waals surface area contributed by atoms with Crippen molar-refractivity contribution in [1.82, 2.24) is 20.2 Å². The number of carbonyl (C=O) groups excluding carboxylic acids is 1. The summed E-state index contributed by atoms with van der Waals surface area (Å²) in [4.78, 5) is 21.9. The van der Waals surface area contributed by atoms with Crippen molar-refractivity contribution in [2.24, 2.45) is 5.92 Å². The monoisotopic (exact) mass is 382 g/mol. The van der Waals surface area contributed by atoms with E-state index in [0.29, 0.717) is 12.4 Å². The van der Waals surface area contributed by atoms with Crippen LogP contribution in [0.15, 0.2) is 24.4 Å². The topological polar surface area (TPSA) is 67.3 Å². The molecule has 6 nitrogen and oxygen atoms in total. The summed E-state index contributed by atoms with van der Waals surface area (Å²) in [7, 11) is 1.56. The molecule has 1 fully saturated rings. The number of likely N-dealkylation sites (tertiary alicyclic amines) is 1. The molecule has 0 radical (unpaired) electrons. The van der Waals surface area contributed by atoms with Gasteiger partial charge in [-0.05, 0) is 43.0 Å². The van der Waals surface area contributed by atoms with Crippen molar-refractivity contribution in [2.75, 3.05) is 33.3 Å². The first-order chi connectivity index (χ1) is 12.9. The molecule has 0 saturated carbocycles. The van der Waals surface area contributed by atoms with Crippen LogP contribution in [0.25, 0.3) is 11.0 Å². The van der Waals surface area contributed by atoms with Crippen molar-refractivity contribution in [3.63, 3.8) is 0 Å². The van der Waals surface area contributed by atoms with Crippen LogP contribution in [0.1, 0.15) is 12.0 Å². The van der Waals surface area contributed by atoms with Gasteiger partial charge in [0.1, 0.15) is 0 Å². The molecule has 3 rings (SSSR count). The zero-order valence-corrected chi connectivity index (χ0v) is 14.9. The molecule has 1 amide bonds. The predicted molar refractivity (Wildman–Crippen MR) is 93.4 cm³/mol. The molecule has 0 spiro atoms. The van der Waals surface area contributed by atoms with Crippen molar-refractivity contribution in [3.05, 3.63) is 30.0 Å². The van der Waals surface area contributed by atoms with Gasteiger partial charge in [-0.1, -0.05) is 0 Å². The van der Waals surface area contributed by atoms with E-state index in [1.54, 1.807) is 19.4 Å². The lowest BCUT2D eigenvalue weighted by atomic mass is 10.1. The number of halogens is 3. The Hall–Kier alpha value is -2.42. The van der Waals surface area contributed by atoms with E-state index in [9.17, 15) is 18.0 Å². The van der Waals surface area contributed by atoms with Crippen LogP contribution in [-0.4, -0.2) is 60.2 Å². The summed E-state index contributed by atoms with van der Waals surface area (Å²) < 4.78 is 41.9. The van der Waals surface area contributed by atoms with Gasteiger partial charge in [0.15, 0.2) is 0 Å². The van der Waals surface area contributed by atoms with Crippen molar-refractivity contribution >= 4 is 16.9 Å². The number of carbonyl (C=O) groups is 1. The van der Waals surface area contributed by atoms with Crippen LogP contribution in [0.3, 0.4) is 0 Å². The number of ether oxygens (including phenoxy) is 1. The maximum atomic E-state index is 12.2. The number of hydrogen-bond donors (Lipinski definition) is 1. The van der Waals surface area contributed by atoms with E-state index in [2.05, 4.69) is 14.9 Å². The second kappa shape index (κ2) is 8.08. The second-order valence-corrected chi connectivity index (χ2v) is 6.60. The van der Waals surface area contributed by atoms with E-state index in [-0.39, 0.29) is 12.5 Å². The predicted octanol–water partition coefficient (Wildman–Crippen LogP) is 2.18. The highest BCUT2D eigenvalue weighted by Gasteiger charge is 2.38. The summed E-state index contributed by atoms with van der Waals surface area (Å²) in [5.41, 5.74) is 2.64. The van der Waals surface area contributed by atoms with E-state index in [1.807, 2.05) is 17.4 Å².